The van der Waals surface area contributed by atoms with Crippen molar-refractivity contribution in [2.45, 2.75) is 33.3 Å². The van der Waals surface area contributed by atoms with Crippen LogP contribution in [0.2, 0.25) is 0 Å². The molecule has 1 saturated heterocycles. The molecule has 1 atom stereocenters. The highest BCUT2D eigenvalue weighted by molar-refractivity contribution is 5.32. The Hall–Kier alpha value is -2.05. The molecule has 0 aliphatic carbocycles. The molecule has 1 aliphatic heterocycles. The first-order chi connectivity index (χ1) is 13.3. The van der Waals surface area contributed by atoms with Crippen LogP contribution in [0.25, 0.3) is 0 Å². The second-order valence-electron chi connectivity index (χ2n) is 8.62. The van der Waals surface area contributed by atoms with Crippen molar-refractivity contribution in [1.82, 2.24) is 14.7 Å². The standard InChI is InChI=1S/C22H33N3O3/c1-22(2,3)16-25-10-12-28-21(15-25)20-13-17(24(4)23-20)9-11-27-19-8-6-7-18(14-19)26-5/h6-8,13-14,21H,9-12,15-16H2,1-5H3/t21-/m1/s1. The van der Waals surface area contributed by atoms with Gasteiger partial charge in [-0.3, -0.25) is 9.58 Å². The van der Waals surface area contributed by atoms with Crippen molar-refractivity contribution in [2.24, 2.45) is 12.5 Å². The van der Waals surface area contributed by atoms with Gasteiger partial charge in [0.2, 0.25) is 0 Å². The van der Waals surface area contributed by atoms with Crippen molar-refractivity contribution in [1.29, 1.82) is 0 Å². The third-order valence-electron chi connectivity index (χ3n) is 4.84. The molecule has 1 aromatic heterocycles. The number of hydrogen-bond acceptors (Lipinski definition) is 5. The number of nitrogens with zero attached hydrogens (tertiary/aromatic N) is 3. The van der Waals surface area contributed by atoms with Crippen LogP contribution in [0.4, 0.5) is 0 Å². The van der Waals surface area contributed by atoms with Crippen LogP contribution in [0.1, 0.15) is 38.3 Å². The second kappa shape index (κ2) is 8.97. The Kier molecular flexibility index (Phi) is 6.62. The monoisotopic (exact) mass is 387 g/mol. The van der Waals surface area contributed by atoms with Crippen molar-refractivity contribution >= 4 is 0 Å². The third kappa shape index (κ3) is 5.72. The van der Waals surface area contributed by atoms with E-state index < -0.39 is 0 Å². The Morgan fingerprint density at radius 3 is 2.75 bits per heavy atom. The predicted octanol–water partition coefficient (Wildman–Crippen LogP) is 3.47. The molecule has 3 rings (SSSR count). The van der Waals surface area contributed by atoms with E-state index in [1.165, 1.54) is 0 Å². The highest BCUT2D eigenvalue weighted by Gasteiger charge is 2.27. The van der Waals surface area contributed by atoms with Gasteiger partial charge in [-0.25, -0.2) is 0 Å². The van der Waals surface area contributed by atoms with E-state index in [-0.39, 0.29) is 11.5 Å². The average molecular weight is 388 g/mol. The van der Waals surface area contributed by atoms with E-state index >= 15 is 0 Å². The van der Waals surface area contributed by atoms with Crippen molar-refractivity contribution in [3.8, 4) is 11.5 Å². The zero-order valence-corrected chi connectivity index (χ0v) is 17.8. The molecule has 2 aromatic rings. The zero-order chi connectivity index (χ0) is 20.1. The first-order valence-electron chi connectivity index (χ1n) is 9.98. The molecule has 0 bridgehead atoms. The molecule has 0 saturated carbocycles. The Morgan fingerprint density at radius 1 is 1.21 bits per heavy atom. The van der Waals surface area contributed by atoms with Gasteiger partial charge < -0.3 is 14.2 Å². The lowest BCUT2D eigenvalue weighted by Crippen LogP contribution is -2.42. The molecule has 0 N–H and O–H groups in total. The highest BCUT2D eigenvalue weighted by atomic mass is 16.5. The summed E-state index contributed by atoms with van der Waals surface area (Å²) in [5.74, 6) is 1.62. The van der Waals surface area contributed by atoms with Crippen LogP contribution in [0.15, 0.2) is 30.3 Å². The van der Waals surface area contributed by atoms with Gasteiger partial charge in [-0.2, -0.15) is 5.10 Å². The summed E-state index contributed by atoms with van der Waals surface area (Å²) in [4.78, 5) is 2.48. The van der Waals surface area contributed by atoms with Gasteiger partial charge in [0, 0.05) is 44.9 Å². The molecule has 6 nitrogen and oxygen atoms in total. The van der Waals surface area contributed by atoms with Crippen LogP contribution in [-0.2, 0) is 18.2 Å². The van der Waals surface area contributed by atoms with E-state index in [0.29, 0.717) is 6.61 Å². The van der Waals surface area contributed by atoms with E-state index in [2.05, 4.69) is 31.7 Å². The number of aromatic nitrogens is 2. The molecule has 1 aromatic carbocycles. The summed E-state index contributed by atoms with van der Waals surface area (Å²) >= 11 is 0. The first-order valence-corrected chi connectivity index (χ1v) is 9.98. The summed E-state index contributed by atoms with van der Waals surface area (Å²) < 4.78 is 19.1. The average Bonchev–Trinajstić information content (AvgIpc) is 3.02. The normalized spacial score (nSPS) is 18.2. The van der Waals surface area contributed by atoms with Crippen LogP contribution in [-0.4, -0.2) is 54.6 Å². The van der Waals surface area contributed by atoms with Gasteiger partial charge in [-0.1, -0.05) is 26.8 Å². The first kappa shape index (κ1) is 20.7. The summed E-state index contributed by atoms with van der Waals surface area (Å²) in [7, 11) is 3.65. The molecule has 0 spiro atoms. The van der Waals surface area contributed by atoms with Crippen LogP contribution in [0, 0.1) is 5.41 Å². The van der Waals surface area contributed by atoms with Gasteiger partial charge in [-0.15, -0.1) is 0 Å². The fourth-order valence-electron chi connectivity index (χ4n) is 3.58. The lowest BCUT2D eigenvalue weighted by Gasteiger charge is -2.36. The Labute approximate surface area is 168 Å². The zero-order valence-electron chi connectivity index (χ0n) is 17.8. The second-order valence-corrected chi connectivity index (χ2v) is 8.62. The summed E-state index contributed by atoms with van der Waals surface area (Å²) in [6.45, 7) is 11.1. The van der Waals surface area contributed by atoms with E-state index in [4.69, 9.17) is 19.3 Å². The Bertz CT molecular complexity index is 767. The van der Waals surface area contributed by atoms with E-state index in [1.54, 1.807) is 7.11 Å². The van der Waals surface area contributed by atoms with Crippen LogP contribution >= 0.6 is 0 Å². The summed E-state index contributed by atoms with van der Waals surface area (Å²) in [5, 5.41) is 4.71. The number of aryl methyl sites for hydroxylation is 1. The molecule has 1 aliphatic rings. The molecule has 28 heavy (non-hydrogen) atoms. The Morgan fingerprint density at radius 2 is 2.00 bits per heavy atom. The van der Waals surface area contributed by atoms with E-state index in [1.807, 2.05) is 36.0 Å². The van der Waals surface area contributed by atoms with E-state index in [9.17, 15) is 0 Å². The topological polar surface area (TPSA) is 48.8 Å². The van der Waals surface area contributed by atoms with Crippen molar-refractivity contribution in [3.05, 3.63) is 41.7 Å². The maximum Gasteiger partial charge on any atom is 0.123 e. The number of ether oxygens (including phenoxy) is 3. The molecular formula is C22H33N3O3. The summed E-state index contributed by atoms with van der Waals surface area (Å²) in [6.07, 6.45) is 0.828. The van der Waals surface area contributed by atoms with Crippen molar-refractivity contribution in [3.63, 3.8) is 0 Å². The number of morpholine rings is 1. The maximum absolute atomic E-state index is 6.01. The molecule has 0 radical (unpaired) electrons. The fraction of sp³-hybridized carbons (Fsp3) is 0.591. The molecule has 6 heteroatoms. The summed E-state index contributed by atoms with van der Waals surface area (Å²) in [5.41, 5.74) is 2.45. The van der Waals surface area contributed by atoms with E-state index in [0.717, 1.165) is 55.5 Å². The third-order valence-corrected chi connectivity index (χ3v) is 4.84. The minimum atomic E-state index is 0.0374. The predicted molar refractivity (Wildman–Crippen MR) is 110 cm³/mol. The Balaban J connectivity index is 1.56. The number of rotatable bonds is 7. The minimum absolute atomic E-state index is 0.0374. The smallest absolute Gasteiger partial charge is 0.123 e. The van der Waals surface area contributed by atoms with Crippen molar-refractivity contribution in [2.75, 3.05) is 40.0 Å². The quantitative estimate of drug-likeness (QED) is 0.728. The van der Waals surface area contributed by atoms with Gasteiger partial charge in [0.15, 0.2) is 0 Å². The number of hydrogen-bond donors (Lipinski definition) is 0. The molecule has 154 valence electrons. The SMILES string of the molecule is COc1cccc(OCCc2cc([C@H]3CN(CC(C)(C)C)CCO3)nn2C)c1. The lowest BCUT2D eigenvalue weighted by molar-refractivity contribution is -0.0409. The van der Waals surface area contributed by atoms with Crippen molar-refractivity contribution < 1.29 is 14.2 Å². The van der Waals surface area contributed by atoms with Gasteiger partial charge in [0.25, 0.3) is 0 Å². The minimum Gasteiger partial charge on any atom is -0.497 e. The molecule has 0 amide bonds. The fourth-order valence-corrected chi connectivity index (χ4v) is 3.58. The lowest BCUT2D eigenvalue weighted by atomic mass is 9.95. The molecular weight excluding hydrogens is 354 g/mol. The summed E-state index contributed by atoms with van der Waals surface area (Å²) in [6, 6.07) is 9.83. The van der Waals surface area contributed by atoms with Gasteiger partial charge in [0.05, 0.1) is 26.0 Å². The molecule has 0 unspecified atom stereocenters. The highest BCUT2D eigenvalue weighted by Crippen LogP contribution is 2.25. The van der Waals surface area contributed by atoms with Gasteiger partial charge >= 0.3 is 0 Å². The van der Waals surface area contributed by atoms with Gasteiger partial charge in [0.1, 0.15) is 17.6 Å². The maximum atomic E-state index is 6.01. The van der Waals surface area contributed by atoms with Crippen LogP contribution in [0.3, 0.4) is 0 Å². The molecule has 1 fully saturated rings. The van der Waals surface area contributed by atoms with Crippen LogP contribution < -0.4 is 9.47 Å². The van der Waals surface area contributed by atoms with Gasteiger partial charge in [-0.05, 0) is 23.6 Å². The largest absolute Gasteiger partial charge is 0.497 e. The molecule has 2 heterocycles. The number of benzene rings is 1. The van der Waals surface area contributed by atoms with Crippen LogP contribution in [0.5, 0.6) is 11.5 Å². The number of methoxy groups -OCH3 is 1.